The minimum absolute atomic E-state index is 0. The molecule has 0 nitrogen and oxygen atoms in total. The number of rotatable bonds is 3. The largest absolute Gasteiger partial charge is 1.00 e. The number of hydrogen-bond acceptors (Lipinski definition) is 0. The van der Waals surface area contributed by atoms with Crippen molar-refractivity contribution in [1.29, 1.82) is 0 Å². The van der Waals surface area contributed by atoms with Gasteiger partial charge >= 0.3 is 188 Å². The second-order valence-electron chi connectivity index (χ2n) is 8.85. The summed E-state index contributed by atoms with van der Waals surface area (Å²) in [6.45, 7) is 5.23. The fraction of sp³-hybridized carbons (Fsp3) is 0.143. The number of halogens is 2. The van der Waals surface area contributed by atoms with Gasteiger partial charge in [0.05, 0.1) is 0 Å². The Hall–Kier alpha value is -1.44. The van der Waals surface area contributed by atoms with Crippen molar-refractivity contribution in [3.63, 3.8) is 0 Å². The van der Waals surface area contributed by atoms with E-state index in [-0.39, 0.29) is 24.8 Å². The molecule has 0 amide bonds. The van der Waals surface area contributed by atoms with Gasteiger partial charge in [-0.05, 0) is 0 Å². The monoisotopic (exact) mass is 549 g/mol. The first-order valence-corrected chi connectivity index (χ1v) is 20.6. The van der Waals surface area contributed by atoms with Crippen molar-refractivity contribution in [3.05, 3.63) is 107 Å². The quantitative estimate of drug-likeness (QED) is 0.335. The molecule has 0 fully saturated rings. The molecule has 4 aromatic rings. The molecule has 0 bridgehead atoms. The van der Waals surface area contributed by atoms with Gasteiger partial charge < -0.3 is 24.8 Å². The van der Waals surface area contributed by atoms with E-state index in [0.29, 0.717) is 0 Å². The fourth-order valence-corrected chi connectivity index (χ4v) is 24.1. The Morgan fingerprint density at radius 1 is 0.594 bits per heavy atom. The Kier molecular flexibility index (Phi) is 6.99. The predicted octanol–water partition coefficient (Wildman–Crippen LogP) is 1.10. The van der Waals surface area contributed by atoms with Gasteiger partial charge in [-0.25, -0.2) is 0 Å². The molecule has 0 aromatic heterocycles. The average Bonchev–Trinajstić information content (AvgIpc) is 3.39. The van der Waals surface area contributed by atoms with Gasteiger partial charge in [0.15, 0.2) is 0 Å². The third kappa shape index (κ3) is 3.70. The van der Waals surface area contributed by atoms with Gasteiger partial charge in [-0.15, -0.1) is 0 Å². The van der Waals surface area contributed by atoms with E-state index in [1.165, 1.54) is 21.5 Å². The molecule has 4 heteroatoms. The fourth-order valence-electron chi connectivity index (χ4n) is 5.49. The molecule has 32 heavy (non-hydrogen) atoms. The predicted molar refractivity (Wildman–Crippen MR) is 130 cm³/mol. The molecule has 2 aliphatic rings. The van der Waals surface area contributed by atoms with E-state index in [1.807, 2.05) is 0 Å². The molecule has 6 rings (SSSR count). The third-order valence-electron chi connectivity index (χ3n) is 6.78. The molecule has 2 aliphatic carbocycles. The zero-order valence-electron chi connectivity index (χ0n) is 18.3. The molecule has 0 saturated carbocycles. The van der Waals surface area contributed by atoms with E-state index < -0.39 is 26.8 Å². The van der Waals surface area contributed by atoms with Crippen LogP contribution >= 0.6 is 0 Å². The summed E-state index contributed by atoms with van der Waals surface area (Å²) in [4.78, 5) is 0. The number of fused-ring (bicyclic) bond motifs is 6. The van der Waals surface area contributed by atoms with Gasteiger partial charge in [-0.2, -0.15) is 0 Å². The molecule has 4 aromatic carbocycles. The van der Waals surface area contributed by atoms with Crippen molar-refractivity contribution in [2.75, 3.05) is 0 Å². The van der Waals surface area contributed by atoms with Crippen LogP contribution in [0.1, 0.15) is 22.3 Å². The van der Waals surface area contributed by atoms with Crippen molar-refractivity contribution in [1.82, 2.24) is 0 Å². The van der Waals surface area contributed by atoms with E-state index in [1.54, 1.807) is 28.8 Å². The number of hydrogen-bond donors (Lipinski definition) is 0. The molecular formula is C28H25Cl2SiZr. The zero-order chi connectivity index (χ0) is 20.2. The second kappa shape index (κ2) is 9.43. The standard InChI is InChI=1S/2C13H9.C2H7Si.2ClH.Zr/c2*1-2-6-12-10(4-1)8-9-11-5-3-7-13(11)12;1-3-2;;;/h2*1-4,6,8-9H,5H2;3H,1-2H3;2*1H;/q;;;;;+2/p-2. The van der Waals surface area contributed by atoms with Crippen molar-refractivity contribution in [2.24, 2.45) is 0 Å². The molecule has 0 unspecified atom stereocenters. The van der Waals surface area contributed by atoms with E-state index in [0.717, 1.165) is 12.8 Å². The van der Waals surface area contributed by atoms with Crippen molar-refractivity contribution in [3.8, 4) is 0 Å². The van der Waals surface area contributed by atoms with Crippen LogP contribution in [0.4, 0.5) is 0 Å². The van der Waals surface area contributed by atoms with E-state index in [4.69, 9.17) is 0 Å². The molecule has 0 spiro atoms. The van der Waals surface area contributed by atoms with Gasteiger partial charge in [-0.3, -0.25) is 0 Å². The van der Waals surface area contributed by atoms with E-state index in [2.05, 4.69) is 98.0 Å². The molecule has 0 saturated heterocycles. The minimum atomic E-state index is -1.99. The third-order valence-corrected chi connectivity index (χ3v) is 25.2. The van der Waals surface area contributed by atoms with Gasteiger partial charge in [0.25, 0.3) is 0 Å². The molecule has 0 atom stereocenters. The Labute approximate surface area is 211 Å². The van der Waals surface area contributed by atoms with Gasteiger partial charge in [-0.1, -0.05) is 0 Å². The van der Waals surface area contributed by atoms with Crippen molar-refractivity contribution in [2.45, 2.75) is 25.9 Å². The van der Waals surface area contributed by atoms with Crippen molar-refractivity contribution >= 4 is 34.0 Å². The summed E-state index contributed by atoms with van der Waals surface area (Å²) in [5.74, 6) is -0.810. The smallest absolute Gasteiger partial charge is 1.00 e. The Morgan fingerprint density at radius 2 is 1.03 bits per heavy atom. The van der Waals surface area contributed by atoms with Gasteiger partial charge in [0.2, 0.25) is 0 Å². The summed E-state index contributed by atoms with van der Waals surface area (Å²) in [6, 6.07) is 27.4. The first-order valence-electron chi connectivity index (χ1n) is 11.0. The van der Waals surface area contributed by atoms with Crippen molar-refractivity contribution < 1.29 is 45.7 Å². The topological polar surface area (TPSA) is 0 Å². The molecule has 0 radical (unpaired) electrons. The summed E-state index contributed by atoms with van der Waals surface area (Å²) in [5.41, 5.74) is 6.32. The van der Waals surface area contributed by atoms with Crippen LogP contribution in [0.3, 0.4) is 0 Å². The van der Waals surface area contributed by atoms with Crippen LogP contribution in [-0.4, -0.2) is 5.92 Å². The maximum atomic E-state index is 2.63. The van der Waals surface area contributed by atoms with E-state index >= 15 is 0 Å². The molecule has 0 aliphatic heterocycles. The summed E-state index contributed by atoms with van der Waals surface area (Å²) < 4.78 is 3.58. The van der Waals surface area contributed by atoms with Gasteiger partial charge in [0.1, 0.15) is 0 Å². The first kappa shape index (κ1) is 23.7. The summed E-state index contributed by atoms with van der Waals surface area (Å²) in [6.07, 6.45) is 7.50. The van der Waals surface area contributed by atoms with Crippen LogP contribution in [0.15, 0.2) is 84.9 Å². The maximum Gasteiger partial charge on any atom is -1.00 e. The van der Waals surface area contributed by atoms with Crippen LogP contribution in [0.25, 0.3) is 28.1 Å². The zero-order valence-corrected chi connectivity index (χ0v) is 23.5. The number of benzene rings is 4. The minimum Gasteiger partial charge on any atom is -1.00 e. The summed E-state index contributed by atoms with van der Waals surface area (Å²) in [7, 11) is 0. The van der Waals surface area contributed by atoms with Crippen LogP contribution in [-0.2, 0) is 33.8 Å². The molecule has 0 heterocycles. The van der Waals surface area contributed by atoms with Crippen LogP contribution < -0.4 is 24.8 Å². The summed E-state index contributed by atoms with van der Waals surface area (Å²) >= 11 is -1.99. The average molecular weight is 552 g/mol. The van der Waals surface area contributed by atoms with Crippen LogP contribution in [0, 0.1) is 0 Å². The van der Waals surface area contributed by atoms with E-state index in [9.17, 15) is 0 Å². The molecule has 159 valence electrons. The Balaban J connectivity index is 0.00000122. The molecular weight excluding hydrogens is 527 g/mol. The second-order valence-corrected chi connectivity index (χ2v) is 27.8. The molecule has 0 N–H and O–H groups in total. The Bertz CT molecular complexity index is 1280. The normalized spacial score (nSPS) is 13.8. The first-order chi connectivity index (χ1) is 14.7. The van der Waals surface area contributed by atoms with Crippen LogP contribution in [0.2, 0.25) is 13.1 Å². The summed E-state index contributed by atoms with van der Waals surface area (Å²) in [5, 5.41) is 5.73. The van der Waals surface area contributed by atoms with Crippen LogP contribution in [0.5, 0.6) is 0 Å². The number of allylic oxidation sites excluding steroid dienone is 2. The SMILES string of the molecule is C[SiH](C)[Zr+2]([C]1=CCc2ccc3ccccc3c21)[C]1=CCc2ccc3ccccc3c21.[Cl-].[Cl-]. The Morgan fingerprint density at radius 3 is 1.47 bits per heavy atom. The van der Waals surface area contributed by atoms with Gasteiger partial charge in [0, 0.05) is 0 Å². The maximum absolute atomic E-state index is 2.63.